The predicted molar refractivity (Wildman–Crippen MR) is 120 cm³/mol. The Labute approximate surface area is 196 Å². The van der Waals surface area contributed by atoms with Gasteiger partial charge in [-0.15, -0.1) is 0 Å². The lowest BCUT2D eigenvalue weighted by molar-refractivity contribution is -0.142. The first-order valence-corrected chi connectivity index (χ1v) is 11.0. The number of hydrogen-bond donors (Lipinski definition) is 8. The van der Waals surface area contributed by atoms with Crippen molar-refractivity contribution in [3.05, 3.63) is 0 Å². The van der Waals surface area contributed by atoms with Crippen molar-refractivity contribution < 1.29 is 39.0 Å². The number of aliphatic carboxylic acids is 2. The van der Waals surface area contributed by atoms with Crippen LogP contribution in [0.15, 0.2) is 0 Å². The van der Waals surface area contributed by atoms with Crippen molar-refractivity contribution in [1.82, 2.24) is 16.0 Å². The summed E-state index contributed by atoms with van der Waals surface area (Å²) in [4.78, 5) is 70.9. The third kappa shape index (κ3) is 11.5. The van der Waals surface area contributed by atoms with Crippen LogP contribution in [0.5, 0.6) is 0 Å². The molecule has 0 aromatic heterocycles. The summed E-state index contributed by atoms with van der Waals surface area (Å²) in [5.74, 6) is -6.17. The van der Waals surface area contributed by atoms with Gasteiger partial charge in [0.05, 0.1) is 6.04 Å². The van der Waals surface area contributed by atoms with E-state index in [0.29, 0.717) is 6.42 Å². The van der Waals surface area contributed by atoms with Crippen LogP contribution in [0.2, 0.25) is 0 Å². The van der Waals surface area contributed by atoms with E-state index in [1.54, 1.807) is 13.8 Å². The highest BCUT2D eigenvalue weighted by Gasteiger charge is 2.32. The van der Waals surface area contributed by atoms with Gasteiger partial charge in [-0.25, -0.2) is 4.79 Å². The highest BCUT2D eigenvalue weighted by molar-refractivity contribution is 7.80. The number of nitrogens with one attached hydrogen (secondary N) is 3. The van der Waals surface area contributed by atoms with Crippen LogP contribution in [-0.4, -0.2) is 75.7 Å². The van der Waals surface area contributed by atoms with Crippen molar-refractivity contribution in [2.75, 3.05) is 5.75 Å². The summed E-state index contributed by atoms with van der Waals surface area (Å²) in [6.07, 6.45) is -0.482. The van der Waals surface area contributed by atoms with Gasteiger partial charge in [0, 0.05) is 18.6 Å². The average molecular weight is 492 g/mol. The number of carboxylic acids is 2. The molecule has 5 unspecified atom stereocenters. The smallest absolute Gasteiger partial charge is 0.327 e. The van der Waals surface area contributed by atoms with Crippen molar-refractivity contribution in [3.8, 4) is 0 Å². The summed E-state index contributed by atoms with van der Waals surface area (Å²) in [6, 6.07) is -4.93. The van der Waals surface area contributed by atoms with Crippen molar-refractivity contribution >= 4 is 48.2 Å². The molecule has 0 rings (SSSR count). The zero-order valence-electron chi connectivity index (χ0n) is 18.6. The zero-order valence-corrected chi connectivity index (χ0v) is 19.5. The number of rotatable bonds is 16. The number of carboxylic acid groups (broad SMARTS) is 2. The molecule has 0 bridgehead atoms. The molecule has 0 heterocycles. The molecule has 0 saturated carbocycles. The molecular formula is C19H33N5O8S. The highest BCUT2D eigenvalue weighted by Crippen LogP contribution is 2.10. The first-order chi connectivity index (χ1) is 15.3. The monoisotopic (exact) mass is 491 g/mol. The SMILES string of the molecule is CCC(C)C(NC(=O)C(N)CCC(=O)O)C(=O)NC(CCC(N)=O)C(=O)NC(CS)C(=O)O. The fraction of sp³-hybridized carbons (Fsp3) is 0.684. The number of carbonyl (C=O) groups is 6. The number of primary amides is 1. The molecule has 0 fully saturated rings. The molecule has 33 heavy (non-hydrogen) atoms. The van der Waals surface area contributed by atoms with Crippen LogP contribution in [0.3, 0.4) is 0 Å². The second-order valence-corrected chi connectivity index (χ2v) is 7.92. The molecule has 0 aliphatic heterocycles. The standard InChI is InChI=1S/C19H33N5O8S/c1-3-9(2)15(24-16(28)10(20)4-7-14(26)27)18(30)22-11(5-6-13(21)25)17(29)23-12(8-33)19(31)32/h9-12,15,33H,3-8,20H2,1-2H3,(H2,21,25)(H,22,30)(H,23,29)(H,24,28)(H,26,27)(H,31,32). The molecular weight excluding hydrogens is 458 g/mol. The molecule has 0 aromatic carbocycles. The first-order valence-electron chi connectivity index (χ1n) is 10.3. The lowest BCUT2D eigenvalue weighted by Gasteiger charge is -2.27. The quantitative estimate of drug-likeness (QED) is 0.111. The molecule has 4 amide bonds. The fourth-order valence-electron chi connectivity index (χ4n) is 2.65. The summed E-state index contributed by atoms with van der Waals surface area (Å²) in [5, 5.41) is 25.0. The van der Waals surface area contributed by atoms with Crippen LogP contribution in [0.1, 0.15) is 46.0 Å². The summed E-state index contributed by atoms with van der Waals surface area (Å²) < 4.78 is 0. The molecule has 188 valence electrons. The normalized spacial score (nSPS) is 15.3. The van der Waals surface area contributed by atoms with Crippen LogP contribution in [-0.2, 0) is 28.8 Å². The molecule has 0 aliphatic rings. The summed E-state index contributed by atoms with van der Waals surface area (Å²) in [7, 11) is 0. The first kappa shape index (κ1) is 30.1. The molecule has 5 atom stereocenters. The van der Waals surface area contributed by atoms with Gasteiger partial charge < -0.3 is 37.6 Å². The fourth-order valence-corrected chi connectivity index (χ4v) is 2.89. The van der Waals surface area contributed by atoms with E-state index in [1.165, 1.54) is 0 Å². The minimum atomic E-state index is -1.33. The van der Waals surface area contributed by atoms with Gasteiger partial charge in [0.25, 0.3) is 0 Å². The van der Waals surface area contributed by atoms with Crippen molar-refractivity contribution in [2.45, 2.75) is 70.1 Å². The predicted octanol–water partition coefficient (Wildman–Crippen LogP) is -2.04. The minimum Gasteiger partial charge on any atom is -0.481 e. The summed E-state index contributed by atoms with van der Waals surface area (Å²) >= 11 is 3.86. The van der Waals surface area contributed by atoms with Crippen LogP contribution in [0, 0.1) is 5.92 Å². The van der Waals surface area contributed by atoms with Crippen molar-refractivity contribution in [2.24, 2.45) is 17.4 Å². The molecule has 9 N–H and O–H groups in total. The minimum absolute atomic E-state index is 0.139. The largest absolute Gasteiger partial charge is 0.481 e. The maximum atomic E-state index is 12.9. The number of amides is 4. The third-order valence-corrected chi connectivity index (χ3v) is 5.27. The Hall–Kier alpha value is -2.87. The van der Waals surface area contributed by atoms with Crippen molar-refractivity contribution in [1.29, 1.82) is 0 Å². The van der Waals surface area contributed by atoms with E-state index in [0.717, 1.165) is 0 Å². The van der Waals surface area contributed by atoms with Gasteiger partial charge in [0.15, 0.2) is 0 Å². The van der Waals surface area contributed by atoms with E-state index in [4.69, 9.17) is 21.7 Å². The lowest BCUT2D eigenvalue weighted by atomic mass is 9.96. The van der Waals surface area contributed by atoms with Crippen LogP contribution < -0.4 is 27.4 Å². The van der Waals surface area contributed by atoms with E-state index in [9.17, 15) is 28.8 Å². The Morgan fingerprint density at radius 1 is 0.879 bits per heavy atom. The molecule has 0 aliphatic carbocycles. The summed E-state index contributed by atoms with van der Waals surface area (Å²) in [5.41, 5.74) is 10.8. The van der Waals surface area contributed by atoms with Crippen LogP contribution >= 0.6 is 12.6 Å². The van der Waals surface area contributed by atoms with Crippen LogP contribution in [0.25, 0.3) is 0 Å². The van der Waals surface area contributed by atoms with E-state index >= 15 is 0 Å². The van der Waals surface area contributed by atoms with Gasteiger partial charge in [-0.1, -0.05) is 20.3 Å². The second-order valence-electron chi connectivity index (χ2n) is 7.56. The Bertz CT molecular complexity index is 735. The van der Waals surface area contributed by atoms with Gasteiger partial charge in [0.1, 0.15) is 18.1 Å². The Morgan fingerprint density at radius 3 is 1.91 bits per heavy atom. The third-order valence-electron chi connectivity index (χ3n) is 4.91. The van der Waals surface area contributed by atoms with Gasteiger partial charge in [-0.05, 0) is 18.8 Å². The van der Waals surface area contributed by atoms with Gasteiger partial charge in [-0.2, -0.15) is 12.6 Å². The number of thiol groups is 1. The number of carbonyl (C=O) groups excluding carboxylic acids is 4. The topological polar surface area (TPSA) is 231 Å². The molecule has 0 aromatic rings. The van der Waals surface area contributed by atoms with Gasteiger partial charge >= 0.3 is 11.9 Å². The van der Waals surface area contributed by atoms with Crippen molar-refractivity contribution in [3.63, 3.8) is 0 Å². The average Bonchev–Trinajstić information content (AvgIpc) is 2.75. The Kier molecular flexibility index (Phi) is 13.7. The Balaban J connectivity index is 5.50. The number of nitrogens with two attached hydrogens (primary N) is 2. The molecule has 14 heteroatoms. The maximum absolute atomic E-state index is 12.9. The van der Waals surface area contributed by atoms with Crippen LogP contribution in [0.4, 0.5) is 0 Å². The van der Waals surface area contributed by atoms with E-state index < -0.39 is 65.7 Å². The molecule has 13 nitrogen and oxygen atoms in total. The Morgan fingerprint density at radius 2 is 1.45 bits per heavy atom. The van der Waals surface area contributed by atoms with E-state index in [-0.39, 0.29) is 31.4 Å². The molecule has 0 spiro atoms. The maximum Gasteiger partial charge on any atom is 0.327 e. The van der Waals surface area contributed by atoms with E-state index in [2.05, 4.69) is 28.6 Å². The van der Waals surface area contributed by atoms with E-state index in [1.807, 2.05) is 0 Å². The highest BCUT2D eigenvalue weighted by atomic mass is 32.1. The molecule has 0 radical (unpaired) electrons. The van der Waals surface area contributed by atoms with Gasteiger partial charge in [0.2, 0.25) is 23.6 Å². The lowest BCUT2D eigenvalue weighted by Crippen LogP contribution is -2.58. The number of hydrogen-bond acceptors (Lipinski definition) is 8. The second kappa shape index (κ2) is 15.1. The molecule has 0 saturated heterocycles. The summed E-state index contributed by atoms with van der Waals surface area (Å²) in [6.45, 7) is 3.44. The van der Waals surface area contributed by atoms with Gasteiger partial charge in [-0.3, -0.25) is 24.0 Å². The zero-order chi connectivity index (χ0) is 25.7.